The summed E-state index contributed by atoms with van der Waals surface area (Å²) in [7, 11) is 0. The first kappa shape index (κ1) is 10.5. The number of ether oxygens (including phenoxy) is 1. The average Bonchev–Trinajstić information content (AvgIpc) is 2.62. The molecule has 1 aromatic heterocycles. The van der Waals surface area contributed by atoms with E-state index in [0.717, 1.165) is 12.2 Å². The Morgan fingerprint density at radius 2 is 2.12 bits per heavy atom. The highest BCUT2D eigenvalue weighted by atomic mass is 16.5. The Morgan fingerprint density at radius 1 is 1.38 bits per heavy atom. The monoisotopic (exact) mass is 218 g/mol. The lowest BCUT2D eigenvalue weighted by Gasteiger charge is -2.07. The molecular formula is C12H14N2O2. The number of benzene rings is 1. The van der Waals surface area contributed by atoms with Crippen LogP contribution in [0.1, 0.15) is 12.6 Å². The van der Waals surface area contributed by atoms with E-state index < -0.39 is 0 Å². The van der Waals surface area contributed by atoms with Crippen molar-refractivity contribution >= 4 is 0 Å². The molecule has 84 valence electrons. The molecule has 0 amide bonds. The predicted octanol–water partition coefficient (Wildman–Crippen LogP) is 2.71. The molecule has 0 unspecified atom stereocenters. The smallest absolute Gasteiger partial charge is 0.302 e. The number of phenols is 1. The minimum Gasteiger partial charge on any atom is -0.504 e. The molecule has 2 aromatic rings. The third-order valence-corrected chi connectivity index (χ3v) is 2.27. The summed E-state index contributed by atoms with van der Waals surface area (Å²) < 4.78 is 7.44. The first-order valence-electron chi connectivity index (χ1n) is 5.20. The zero-order valence-electron chi connectivity index (χ0n) is 9.34. The second-order valence-electron chi connectivity index (χ2n) is 3.52. The van der Waals surface area contributed by atoms with Crippen LogP contribution in [0.5, 0.6) is 17.5 Å². The summed E-state index contributed by atoms with van der Waals surface area (Å²) in [6.07, 6.45) is 1.91. The van der Waals surface area contributed by atoms with Gasteiger partial charge in [0.1, 0.15) is 0 Å². The molecule has 0 radical (unpaired) electrons. The van der Waals surface area contributed by atoms with Crippen LogP contribution < -0.4 is 4.74 Å². The van der Waals surface area contributed by atoms with Gasteiger partial charge >= 0.3 is 6.01 Å². The molecule has 0 aliphatic carbocycles. The van der Waals surface area contributed by atoms with Gasteiger partial charge in [-0.05, 0) is 26.0 Å². The number of hydrogen-bond acceptors (Lipinski definition) is 3. The maximum Gasteiger partial charge on any atom is 0.302 e. The fourth-order valence-electron chi connectivity index (χ4n) is 1.47. The van der Waals surface area contributed by atoms with Gasteiger partial charge in [0.05, 0.1) is 5.69 Å². The Labute approximate surface area is 94.1 Å². The summed E-state index contributed by atoms with van der Waals surface area (Å²) in [5, 5.41) is 9.58. The number of aromatic nitrogens is 2. The maximum atomic E-state index is 9.58. The predicted molar refractivity (Wildman–Crippen MR) is 60.8 cm³/mol. The third kappa shape index (κ3) is 2.00. The number of aromatic hydroxyl groups is 1. The number of rotatable bonds is 3. The first-order chi connectivity index (χ1) is 7.70. The van der Waals surface area contributed by atoms with Crippen molar-refractivity contribution in [3.05, 3.63) is 36.2 Å². The summed E-state index contributed by atoms with van der Waals surface area (Å²) in [6, 6.07) is 7.35. The largest absolute Gasteiger partial charge is 0.504 e. The van der Waals surface area contributed by atoms with Crippen LogP contribution in [-0.4, -0.2) is 14.7 Å². The molecular weight excluding hydrogens is 204 g/mol. The van der Waals surface area contributed by atoms with Crippen LogP contribution in [0.3, 0.4) is 0 Å². The Morgan fingerprint density at radius 3 is 2.81 bits per heavy atom. The van der Waals surface area contributed by atoms with Crippen molar-refractivity contribution in [2.45, 2.75) is 20.4 Å². The molecule has 0 bridgehead atoms. The highest BCUT2D eigenvalue weighted by Crippen LogP contribution is 2.29. The highest BCUT2D eigenvalue weighted by Gasteiger charge is 2.08. The van der Waals surface area contributed by atoms with Crippen LogP contribution in [0.15, 0.2) is 30.5 Å². The second-order valence-corrected chi connectivity index (χ2v) is 3.52. The Kier molecular flexibility index (Phi) is 2.81. The maximum absolute atomic E-state index is 9.58. The van der Waals surface area contributed by atoms with E-state index in [1.54, 1.807) is 24.3 Å². The number of hydrogen-bond donors (Lipinski definition) is 1. The molecule has 0 aliphatic heterocycles. The van der Waals surface area contributed by atoms with Gasteiger partial charge in [0.2, 0.25) is 0 Å². The van der Waals surface area contributed by atoms with Gasteiger partial charge in [0, 0.05) is 12.7 Å². The van der Waals surface area contributed by atoms with Gasteiger partial charge in [0.15, 0.2) is 11.5 Å². The molecule has 0 saturated carbocycles. The molecule has 1 N–H and O–H groups in total. The second kappa shape index (κ2) is 4.26. The number of nitrogens with zero attached hydrogens (tertiary/aromatic N) is 2. The van der Waals surface area contributed by atoms with E-state index in [9.17, 15) is 5.11 Å². The summed E-state index contributed by atoms with van der Waals surface area (Å²) in [6.45, 7) is 4.70. The Bertz CT molecular complexity index is 492. The minimum absolute atomic E-state index is 0.116. The van der Waals surface area contributed by atoms with Crippen molar-refractivity contribution in [2.75, 3.05) is 0 Å². The quantitative estimate of drug-likeness (QED) is 0.861. The fourth-order valence-corrected chi connectivity index (χ4v) is 1.47. The molecule has 4 nitrogen and oxygen atoms in total. The van der Waals surface area contributed by atoms with Crippen molar-refractivity contribution < 1.29 is 9.84 Å². The minimum atomic E-state index is 0.116. The van der Waals surface area contributed by atoms with E-state index in [1.165, 1.54) is 0 Å². The van der Waals surface area contributed by atoms with E-state index in [-0.39, 0.29) is 5.75 Å². The van der Waals surface area contributed by atoms with Gasteiger partial charge in [-0.15, -0.1) is 0 Å². The molecule has 2 rings (SSSR count). The first-order valence-corrected chi connectivity index (χ1v) is 5.20. The molecule has 0 saturated heterocycles. The van der Waals surface area contributed by atoms with Crippen LogP contribution in [-0.2, 0) is 6.54 Å². The van der Waals surface area contributed by atoms with Crippen molar-refractivity contribution in [1.29, 1.82) is 0 Å². The summed E-state index contributed by atoms with van der Waals surface area (Å²) in [4.78, 5) is 4.25. The zero-order valence-corrected chi connectivity index (χ0v) is 9.34. The Hall–Kier alpha value is -1.97. The topological polar surface area (TPSA) is 47.3 Å². The van der Waals surface area contributed by atoms with Crippen molar-refractivity contribution in [1.82, 2.24) is 9.55 Å². The molecule has 0 fully saturated rings. The van der Waals surface area contributed by atoms with Crippen molar-refractivity contribution in [3.8, 4) is 17.5 Å². The summed E-state index contributed by atoms with van der Waals surface area (Å²) in [5.41, 5.74) is 0.896. The summed E-state index contributed by atoms with van der Waals surface area (Å²) in [5.74, 6) is 0.536. The van der Waals surface area contributed by atoms with Gasteiger partial charge in [-0.3, -0.25) is 0 Å². The molecule has 0 spiro atoms. The van der Waals surface area contributed by atoms with E-state index >= 15 is 0 Å². The number of para-hydroxylation sites is 2. The van der Waals surface area contributed by atoms with E-state index in [4.69, 9.17) is 4.74 Å². The highest BCUT2D eigenvalue weighted by molar-refractivity contribution is 5.39. The average molecular weight is 218 g/mol. The van der Waals surface area contributed by atoms with Crippen LogP contribution >= 0.6 is 0 Å². The van der Waals surface area contributed by atoms with Crippen LogP contribution in [0, 0.1) is 6.92 Å². The normalized spacial score (nSPS) is 10.4. The van der Waals surface area contributed by atoms with Gasteiger partial charge in [-0.2, -0.15) is 0 Å². The molecule has 0 aliphatic rings. The molecule has 1 heterocycles. The van der Waals surface area contributed by atoms with E-state index in [2.05, 4.69) is 4.98 Å². The van der Waals surface area contributed by atoms with Crippen LogP contribution in [0.25, 0.3) is 0 Å². The van der Waals surface area contributed by atoms with Gasteiger partial charge < -0.3 is 14.4 Å². The van der Waals surface area contributed by atoms with Gasteiger partial charge in [-0.1, -0.05) is 12.1 Å². The number of imidazole rings is 1. The Balaban J connectivity index is 2.30. The number of aryl methyl sites for hydroxylation is 2. The van der Waals surface area contributed by atoms with Crippen LogP contribution in [0.2, 0.25) is 0 Å². The van der Waals surface area contributed by atoms with E-state index in [0.29, 0.717) is 11.8 Å². The van der Waals surface area contributed by atoms with Gasteiger partial charge in [0.25, 0.3) is 0 Å². The molecule has 0 atom stereocenters. The molecule has 1 aromatic carbocycles. The van der Waals surface area contributed by atoms with E-state index in [1.807, 2.05) is 24.6 Å². The van der Waals surface area contributed by atoms with Crippen molar-refractivity contribution in [2.24, 2.45) is 0 Å². The lowest BCUT2D eigenvalue weighted by molar-refractivity contribution is 0.378. The van der Waals surface area contributed by atoms with Crippen molar-refractivity contribution in [3.63, 3.8) is 0 Å². The lowest BCUT2D eigenvalue weighted by atomic mass is 10.3. The van der Waals surface area contributed by atoms with Crippen LogP contribution in [0.4, 0.5) is 0 Å². The lowest BCUT2D eigenvalue weighted by Crippen LogP contribution is -1.97. The molecule has 16 heavy (non-hydrogen) atoms. The third-order valence-electron chi connectivity index (χ3n) is 2.27. The number of phenolic OH excluding ortho intramolecular Hbond substituents is 1. The fraction of sp³-hybridized carbons (Fsp3) is 0.250. The van der Waals surface area contributed by atoms with Gasteiger partial charge in [-0.25, -0.2) is 4.98 Å². The molecule has 4 heteroatoms. The zero-order chi connectivity index (χ0) is 11.5. The SMILES string of the molecule is CCn1cc(C)nc1Oc1ccccc1O. The summed E-state index contributed by atoms with van der Waals surface area (Å²) >= 11 is 0. The standard InChI is InChI=1S/C12H14N2O2/c1-3-14-8-9(2)13-12(14)16-11-7-5-4-6-10(11)15/h4-8,15H,3H2,1-2H3.